The molecule has 5 rings (SSSR count). The van der Waals surface area contributed by atoms with Crippen LogP contribution in [0.25, 0.3) is 6.08 Å². The maximum absolute atomic E-state index is 13.3. The fraction of sp³-hybridized carbons (Fsp3) is 0.571. The van der Waals surface area contributed by atoms with Crippen LogP contribution < -0.4 is 0 Å². The minimum Gasteiger partial charge on any atom is -0.504 e. The van der Waals surface area contributed by atoms with Gasteiger partial charge in [-0.3, -0.25) is 0 Å². The average Bonchev–Trinajstić information content (AvgIpc) is 3.16. The van der Waals surface area contributed by atoms with Crippen molar-refractivity contribution in [1.82, 2.24) is 0 Å². The molecule has 20 nitrogen and oxygen atoms in total. The van der Waals surface area contributed by atoms with Gasteiger partial charge < -0.3 is 94.4 Å². The quantitative estimate of drug-likeness (QED) is 0.0541. The molecule has 0 aromatic heterocycles. The Labute approximate surface area is 313 Å². The second kappa shape index (κ2) is 18.5. The number of aliphatic hydroxyl groups excluding tert-OH is 8. The van der Waals surface area contributed by atoms with Crippen LogP contribution in [0.3, 0.4) is 0 Å². The molecule has 0 radical (unpaired) electrons. The summed E-state index contributed by atoms with van der Waals surface area (Å²) in [6, 6.07) is 7.75. The number of aliphatic hydroxyl groups is 8. The summed E-state index contributed by atoms with van der Waals surface area (Å²) in [7, 11) is 0. The van der Waals surface area contributed by atoms with Gasteiger partial charge in [-0.25, -0.2) is 4.79 Å². The number of phenolic OH excluding ortho intramolecular Hbond substituents is 4. The van der Waals surface area contributed by atoms with Crippen molar-refractivity contribution in [1.29, 1.82) is 0 Å². The molecule has 0 saturated carbocycles. The van der Waals surface area contributed by atoms with Crippen LogP contribution in [-0.2, 0) is 44.4 Å². The fourth-order valence-corrected chi connectivity index (χ4v) is 6.14. The van der Waals surface area contributed by atoms with E-state index in [0.29, 0.717) is 5.56 Å². The molecular weight excluding hydrogens is 740 g/mol. The number of carbonyl (C=O) groups excluding carboxylic acids is 1. The summed E-state index contributed by atoms with van der Waals surface area (Å²) in [6.45, 7) is -0.254. The predicted octanol–water partition coefficient (Wildman–Crippen LogP) is -3.19. The molecule has 0 amide bonds. The SMILES string of the molecule is C[C@@H]1O[C@H](O[C@@H]2[C@@H](O)[C@H](OCCc3ccc(O)c(O)c3)O[C@H](CO[C@@H]3O[C@H](CO)[C@H](O)[C@H](O)[C@H]3O)[C@H]2OC(=O)/C=C/c2ccc(O)c(O)c2)[C@H](O)[C@H](O)[C@H]1O. The third-order valence-electron chi connectivity index (χ3n) is 9.36. The van der Waals surface area contributed by atoms with Crippen LogP contribution in [0.5, 0.6) is 23.0 Å². The Hall–Kier alpha value is -3.71. The van der Waals surface area contributed by atoms with Gasteiger partial charge in [0.2, 0.25) is 0 Å². The van der Waals surface area contributed by atoms with Gasteiger partial charge in [-0.15, -0.1) is 0 Å². The summed E-state index contributed by atoms with van der Waals surface area (Å²) < 4.78 is 40.2. The number of aromatic hydroxyl groups is 4. The number of hydrogen-bond donors (Lipinski definition) is 12. The third kappa shape index (κ3) is 10.0. The topological polar surface area (TPSA) is 324 Å². The van der Waals surface area contributed by atoms with Gasteiger partial charge in [-0.2, -0.15) is 0 Å². The average molecular weight is 787 g/mol. The fourth-order valence-electron chi connectivity index (χ4n) is 6.14. The molecule has 0 unspecified atom stereocenters. The first-order valence-electron chi connectivity index (χ1n) is 17.2. The van der Waals surface area contributed by atoms with Crippen LogP contribution in [0, 0.1) is 0 Å². The molecule has 2 aromatic carbocycles. The van der Waals surface area contributed by atoms with Crippen molar-refractivity contribution in [2.24, 2.45) is 0 Å². The summed E-state index contributed by atoms with van der Waals surface area (Å²) in [5.74, 6) is -2.71. The lowest BCUT2D eigenvalue weighted by atomic mass is 9.96. The first-order chi connectivity index (χ1) is 26.1. The van der Waals surface area contributed by atoms with Gasteiger partial charge in [0.05, 0.1) is 25.9 Å². The summed E-state index contributed by atoms with van der Waals surface area (Å²) in [6.07, 6.45) is -22.6. The zero-order valence-electron chi connectivity index (χ0n) is 29.2. The van der Waals surface area contributed by atoms with Crippen molar-refractivity contribution in [3.63, 3.8) is 0 Å². The standard InChI is InChI=1S/C35H46O20/c1-14-24(42)26(44)29(47)35(51-14)55-32-30(48)34(49-9-8-16-3-6-18(38)20(40)11-16)53-22(13-50-33-28(46)27(45)25(43)21(12-36)52-33)31(32)54-23(41)7-4-15-2-5-17(37)19(39)10-15/h2-7,10-11,14,21-22,24-40,42-48H,8-9,12-13H2,1H3/b7-4+/t14-,21+,22+,24-,25-,26+,27-,28+,29+,30+,31+,32+,33+,34+,35+/m0/s1. The van der Waals surface area contributed by atoms with Crippen molar-refractivity contribution in [3.8, 4) is 23.0 Å². The molecule has 0 bridgehead atoms. The van der Waals surface area contributed by atoms with Crippen molar-refractivity contribution in [2.75, 3.05) is 19.8 Å². The summed E-state index contributed by atoms with van der Waals surface area (Å²) in [5, 5.41) is 123. The first kappa shape index (κ1) is 42.4. The Morgan fingerprint density at radius 3 is 1.96 bits per heavy atom. The highest BCUT2D eigenvalue weighted by Gasteiger charge is 2.53. The highest BCUT2D eigenvalue weighted by Crippen LogP contribution is 2.33. The number of ether oxygens (including phenoxy) is 7. The summed E-state index contributed by atoms with van der Waals surface area (Å²) in [4.78, 5) is 13.3. The number of carbonyl (C=O) groups is 1. The van der Waals surface area contributed by atoms with Crippen LogP contribution in [0.4, 0.5) is 0 Å². The number of esters is 1. The van der Waals surface area contributed by atoms with Crippen LogP contribution in [-0.4, -0.2) is 179 Å². The van der Waals surface area contributed by atoms with Gasteiger partial charge in [0, 0.05) is 6.08 Å². The summed E-state index contributed by atoms with van der Waals surface area (Å²) in [5.41, 5.74) is 0.773. The van der Waals surface area contributed by atoms with E-state index in [-0.39, 0.29) is 30.1 Å². The predicted molar refractivity (Wildman–Crippen MR) is 180 cm³/mol. The van der Waals surface area contributed by atoms with E-state index >= 15 is 0 Å². The van der Waals surface area contributed by atoms with E-state index in [0.717, 1.165) is 12.1 Å². The van der Waals surface area contributed by atoms with Gasteiger partial charge in [0.15, 0.2) is 48.0 Å². The van der Waals surface area contributed by atoms with E-state index in [1.54, 1.807) is 0 Å². The minimum atomic E-state index is -1.88. The molecule has 3 aliphatic heterocycles. The number of phenols is 4. The van der Waals surface area contributed by atoms with E-state index in [4.69, 9.17) is 33.2 Å². The monoisotopic (exact) mass is 786 g/mol. The number of rotatable bonds is 13. The van der Waals surface area contributed by atoms with Crippen molar-refractivity contribution < 1.29 is 99.2 Å². The van der Waals surface area contributed by atoms with Crippen molar-refractivity contribution in [2.45, 2.75) is 105 Å². The molecule has 3 saturated heterocycles. The Bertz CT molecular complexity index is 1610. The van der Waals surface area contributed by atoms with E-state index in [9.17, 15) is 66.1 Å². The molecule has 3 aliphatic rings. The normalized spacial score (nSPS) is 36.9. The zero-order chi connectivity index (χ0) is 40.1. The second-order valence-electron chi connectivity index (χ2n) is 13.3. The van der Waals surface area contributed by atoms with Crippen LogP contribution in [0.1, 0.15) is 18.1 Å². The van der Waals surface area contributed by atoms with Crippen LogP contribution in [0.15, 0.2) is 42.5 Å². The molecule has 12 N–H and O–H groups in total. The highest BCUT2D eigenvalue weighted by atomic mass is 16.8. The van der Waals surface area contributed by atoms with Crippen molar-refractivity contribution >= 4 is 12.0 Å². The third-order valence-corrected chi connectivity index (χ3v) is 9.36. The lowest BCUT2D eigenvalue weighted by Crippen LogP contribution is -2.65. The van der Waals surface area contributed by atoms with E-state index in [2.05, 4.69) is 0 Å². The number of benzene rings is 2. The highest BCUT2D eigenvalue weighted by molar-refractivity contribution is 5.87. The summed E-state index contributed by atoms with van der Waals surface area (Å²) >= 11 is 0. The minimum absolute atomic E-state index is 0.111. The molecule has 3 fully saturated rings. The second-order valence-corrected chi connectivity index (χ2v) is 13.3. The Morgan fingerprint density at radius 1 is 0.673 bits per heavy atom. The lowest BCUT2D eigenvalue weighted by Gasteiger charge is -2.47. The Kier molecular flexibility index (Phi) is 14.3. The first-order valence-corrected chi connectivity index (χ1v) is 17.2. The van der Waals surface area contributed by atoms with E-state index in [1.165, 1.54) is 43.3 Å². The van der Waals surface area contributed by atoms with Gasteiger partial charge in [0.25, 0.3) is 0 Å². The zero-order valence-corrected chi connectivity index (χ0v) is 29.2. The van der Waals surface area contributed by atoms with Gasteiger partial charge in [-0.05, 0) is 54.8 Å². The smallest absolute Gasteiger partial charge is 0.331 e. The number of hydrogen-bond acceptors (Lipinski definition) is 20. The maximum Gasteiger partial charge on any atom is 0.331 e. The Balaban J connectivity index is 1.43. The molecule has 2 aromatic rings. The molecule has 15 atom stereocenters. The maximum atomic E-state index is 13.3. The van der Waals surface area contributed by atoms with E-state index < -0.39 is 123 Å². The molecule has 55 heavy (non-hydrogen) atoms. The van der Waals surface area contributed by atoms with Crippen molar-refractivity contribution in [3.05, 3.63) is 53.6 Å². The lowest BCUT2D eigenvalue weighted by molar-refractivity contribution is -0.364. The molecule has 20 heteroatoms. The molecule has 0 spiro atoms. The van der Waals surface area contributed by atoms with Crippen LogP contribution in [0.2, 0.25) is 0 Å². The molecule has 3 heterocycles. The van der Waals surface area contributed by atoms with Gasteiger partial charge in [0.1, 0.15) is 61.0 Å². The van der Waals surface area contributed by atoms with Gasteiger partial charge >= 0.3 is 5.97 Å². The Morgan fingerprint density at radius 2 is 1.29 bits per heavy atom. The molecular formula is C35H46O20. The molecule has 306 valence electrons. The largest absolute Gasteiger partial charge is 0.504 e. The van der Waals surface area contributed by atoms with Crippen LogP contribution >= 0.6 is 0 Å². The van der Waals surface area contributed by atoms with E-state index in [1.807, 2.05) is 0 Å². The van der Waals surface area contributed by atoms with Gasteiger partial charge in [-0.1, -0.05) is 12.1 Å². The molecule has 0 aliphatic carbocycles.